The molecule has 0 fully saturated rings. The van der Waals surface area contributed by atoms with Crippen molar-refractivity contribution in [3.05, 3.63) is 54.2 Å². The lowest BCUT2D eigenvalue weighted by molar-refractivity contribution is 0.685. The summed E-state index contributed by atoms with van der Waals surface area (Å²) in [5.41, 5.74) is 3.58. The fraction of sp³-hybridized carbons (Fsp3) is 0.154. The minimum Gasteiger partial charge on any atom is -0.361 e. The van der Waals surface area contributed by atoms with Gasteiger partial charge in [-0.25, -0.2) is 4.98 Å². The summed E-state index contributed by atoms with van der Waals surface area (Å²) in [6.07, 6.45) is 5.59. The summed E-state index contributed by atoms with van der Waals surface area (Å²) in [5.74, 6) is 0. The van der Waals surface area contributed by atoms with E-state index in [2.05, 4.69) is 44.7 Å². The molecule has 3 rings (SSSR count). The molecule has 0 amide bonds. The number of aromatic nitrogens is 3. The molecule has 3 N–H and O–H groups in total. The monoisotopic (exact) mass is 226 g/mol. The highest BCUT2D eigenvalue weighted by atomic mass is 14.9. The molecule has 0 aliphatic heterocycles. The second-order valence-corrected chi connectivity index (χ2v) is 4.04. The van der Waals surface area contributed by atoms with E-state index in [9.17, 15) is 0 Å². The molecule has 0 saturated carbocycles. The van der Waals surface area contributed by atoms with Crippen LogP contribution in [0, 0.1) is 0 Å². The van der Waals surface area contributed by atoms with Gasteiger partial charge in [-0.15, -0.1) is 0 Å². The van der Waals surface area contributed by atoms with Crippen LogP contribution in [0.25, 0.3) is 10.9 Å². The lowest BCUT2D eigenvalue weighted by Gasteiger charge is -2.01. The number of nitrogens with one attached hydrogen (secondary N) is 3. The summed E-state index contributed by atoms with van der Waals surface area (Å²) in [6, 6.07) is 8.34. The van der Waals surface area contributed by atoms with Gasteiger partial charge in [-0.1, -0.05) is 18.2 Å². The maximum atomic E-state index is 3.99. The molecule has 0 radical (unpaired) electrons. The van der Waals surface area contributed by atoms with Crippen LogP contribution in [0.1, 0.15) is 11.3 Å². The number of aromatic amines is 2. The van der Waals surface area contributed by atoms with Crippen LogP contribution in [-0.4, -0.2) is 15.0 Å². The molecule has 0 spiro atoms. The van der Waals surface area contributed by atoms with Crippen molar-refractivity contribution in [2.24, 2.45) is 0 Å². The fourth-order valence-corrected chi connectivity index (χ4v) is 1.99. The summed E-state index contributed by atoms with van der Waals surface area (Å²) in [7, 11) is 0. The van der Waals surface area contributed by atoms with Gasteiger partial charge in [0.15, 0.2) is 0 Å². The largest absolute Gasteiger partial charge is 0.361 e. The molecule has 86 valence electrons. The van der Waals surface area contributed by atoms with Gasteiger partial charge in [0.1, 0.15) is 0 Å². The third-order valence-electron chi connectivity index (χ3n) is 2.86. The highest BCUT2D eigenvalue weighted by Crippen LogP contribution is 2.17. The minimum absolute atomic E-state index is 0.805. The average molecular weight is 226 g/mol. The topological polar surface area (TPSA) is 56.5 Å². The van der Waals surface area contributed by atoms with E-state index >= 15 is 0 Å². The van der Waals surface area contributed by atoms with E-state index in [-0.39, 0.29) is 0 Å². The molecule has 4 nitrogen and oxygen atoms in total. The Bertz CT molecular complexity index is 595. The van der Waals surface area contributed by atoms with Gasteiger partial charge in [-0.3, -0.25) is 0 Å². The van der Waals surface area contributed by atoms with Gasteiger partial charge in [0, 0.05) is 42.1 Å². The highest BCUT2D eigenvalue weighted by molar-refractivity contribution is 5.82. The number of fused-ring (bicyclic) bond motifs is 1. The second kappa shape index (κ2) is 4.43. The average Bonchev–Trinajstić information content (AvgIpc) is 2.99. The van der Waals surface area contributed by atoms with Crippen molar-refractivity contribution < 1.29 is 0 Å². The van der Waals surface area contributed by atoms with Gasteiger partial charge in [0.05, 0.1) is 6.33 Å². The maximum absolute atomic E-state index is 3.99. The van der Waals surface area contributed by atoms with Crippen molar-refractivity contribution in [3.63, 3.8) is 0 Å². The van der Waals surface area contributed by atoms with Crippen molar-refractivity contribution in [2.75, 3.05) is 0 Å². The number of hydrogen-bond acceptors (Lipinski definition) is 2. The molecule has 17 heavy (non-hydrogen) atoms. The second-order valence-electron chi connectivity index (χ2n) is 4.04. The molecule has 4 heteroatoms. The zero-order valence-corrected chi connectivity index (χ0v) is 9.40. The number of hydrogen-bond donors (Lipinski definition) is 3. The normalized spacial score (nSPS) is 11.1. The Morgan fingerprint density at radius 3 is 2.94 bits per heavy atom. The zero-order chi connectivity index (χ0) is 11.5. The summed E-state index contributed by atoms with van der Waals surface area (Å²) in [5, 5.41) is 4.67. The van der Waals surface area contributed by atoms with Crippen LogP contribution in [-0.2, 0) is 13.1 Å². The van der Waals surface area contributed by atoms with Crippen LogP contribution in [0.15, 0.2) is 43.0 Å². The standard InChI is InChI=1S/C13H14N4/c1-2-4-13-12(3-1)10(6-16-13)5-14-7-11-8-15-9-17-11/h1-4,6,8-9,14,16H,5,7H2,(H,15,17). The van der Waals surface area contributed by atoms with E-state index in [0.29, 0.717) is 0 Å². The Morgan fingerprint density at radius 2 is 2.06 bits per heavy atom. The lowest BCUT2D eigenvalue weighted by atomic mass is 10.2. The molecule has 1 aromatic carbocycles. The number of rotatable bonds is 4. The van der Waals surface area contributed by atoms with Crippen LogP contribution >= 0.6 is 0 Å². The smallest absolute Gasteiger partial charge is 0.0922 e. The molecular formula is C13H14N4. The zero-order valence-electron chi connectivity index (χ0n) is 9.40. The first kappa shape index (κ1) is 10.1. The van der Waals surface area contributed by atoms with Crippen LogP contribution in [0.4, 0.5) is 0 Å². The van der Waals surface area contributed by atoms with Crippen molar-refractivity contribution in [3.8, 4) is 0 Å². The summed E-state index contributed by atoms with van der Waals surface area (Å²) >= 11 is 0. The summed E-state index contributed by atoms with van der Waals surface area (Å²) in [6.45, 7) is 1.66. The predicted octanol–water partition coefficient (Wildman–Crippen LogP) is 2.18. The van der Waals surface area contributed by atoms with Gasteiger partial charge in [0.25, 0.3) is 0 Å². The quantitative estimate of drug-likeness (QED) is 0.638. The number of H-pyrrole nitrogens is 2. The van der Waals surface area contributed by atoms with E-state index in [1.165, 1.54) is 16.5 Å². The van der Waals surface area contributed by atoms with E-state index in [1.807, 2.05) is 12.3 Å². The molecule has 2 aromatic heterocycles. The van der Waals surface area contributed by atoms with Crippen molar-refractivity contribution in [1.82, 2.24) is 20.3 Å². The number of benzene rings is 1. The van der Waals surface area contributed by atoms with Crippen LogP contribution < -0.4 is 5.32 Å². The Morgan fingerprint density at radius 1 is 1.12 bits per heavy atom. The van der Waals surface area contributed by atoms with Gasteiger partial charge in [-0.2, -0.15) is 0 Å². The third-order valence-corrected chi connectivity index (χ3v) is 2.86. The van der Waals surface area contributed by atoms with Crippen molar-refractivity contribution >= 4 is 10.9 Å². The Kier molecular flexibility index (Phi) is 2.63. The first-order valence-electron chi connectivity index (χ1n) is 5.66. The summed E-state index contributed by atoms with van der Waals surface area (Å²) < 4.78 is 0. The SMILES string of the molecule is c1ccc2c(CNCc3cnc[nH]3)c[nH]c2c1. The minimum atomic E-state index is 0.805. The first-order chi connectivity index (χ1) is 8.43. The Hall–Kier alpha value is -2.07. The van der Waals surface area contributed by atoms with Crippen LogP contribution in [0.5, 0.6) is 0 Å². The van der Waals surface area contributed by atoms with Crippen molar-refractivity contribution in [1.29, 1.82) is 0 Å². The Labute approximate surface area is 99.1 Å². The van der Waals surface area contributed by atoms with E-state index in [4.69, 9.17) is 0 Å². The highest BCUT2D eigenvalue weighted by Gasteiger charge is 2.02. The molecule has 3 aromatic rings. The van der Waals surface area contributed by atoms with Crippen LogP contribution in [0.3, 0.4) is 0 Å². The number of imidazole rings is 1. The number of nitrogens with zero attached hydrogens (tertiary/aromatic N) is 1. The number of para-hydroxylation sites is 1. The molecular weight excluding hydrogens is 212 g/mol. The van der Waals surface area contributed by atoms with Crippen LogP contribution in [0.2, 0.25) is 0 Å². The third kappa shape index (κ3) is 2.07. The van der Waals surface area contributed by atoms with Gasteiger partial charge >= 0.3 is 0 Å². The molecule has 0 unspecified atom stereocenters. The van der Waals surface area contributed by atoms with E-state index < -0.39 is 0 Å². The maximum Gasteiger partial charge on any atom is 0.0922 e. The predicted molar refractivity (Wildman–Crippen MR) is 67.4 cm³/mol. The lowest BCUT2D eigenvalue weighted by Crippen LogP contribution is -2.12. The first-order valence-corrected chi connectivity index (χ1v) is 5.66. The molecule has 0 bridgehead atoms. The van der Waals surface area contributed by atoms with Gasteiger partial charge in [0.2, 0.25) is 0 Å². The molecule has 2 heterocycles. The molecule has 0 aliphatic carbocycles. The molecule has 0 aliphatic rings. The fourth-order valence-electron chi connectivity index (χ4n) is 1.99. The summed E-state index contributed by atoms with van der Waals surface area (Å²) in [4.78, 5) is 10.3. The Balaban J connectivity index is 1.69. The van der Waals surface area contributed by atoms with E-state index in [0.717, 1.165) is 18.8 Å². The van der Waals surface area contributed by atoms with Crippen molar-refractivity contribution in [2.45, 2.75) is 13.1 Å². The van der Waals surface area contributed by atoms with Gasteiger partial charge in [-0.05, 0) is 11.6 Å². The van der Waals surface area contributed by atoms with E-state index in [1.54, 1.807) is 6.33 Å². The molecule has 0 atom stereocenters. The molecule has 0 saturated heterocycles. The van der Waals surface area contributed by atoms with Gasteiger partial charge < -0.3 is 15.3 Å².